The van der Waals surface area contributed by atoms with Gasteiger partial charge < -0.3 is 4.90 Å². The standard InChI is InChI=1S/C12H21N/c1-8-10(2)9-11(13(6)7)12(3,4)5/h8-9H,1-2H2,3-7H3/b11-9-. The molecular weight excluding hydrogens is 158 g/mol. The number of nitrogens with zero attached hydrogens (tertiary/aromatic N) is 1. The monoisotopic (exact) mass is 179 g/mol. The van der Waals surface area contributed by atoms with E-state index in [1.165, 1.54) is 5.70 Å². The van der Waals surface area contributed by atoms with E-state index in [1.54, 1.807) is 6.08 Å². The maximum atomic E-state index is 3.89. The Hall–Kier alpha value is -0.980. The van der Waals surface area contributed by atoms with Crippen LogP contribution in [0, 0.1) is 5.41 Å². The van der Waals surface area contributed by atoms with E-state index < -0.39 is 0 Å². The van der Waals surface area contributed by atoms with E-state index in [1.807, 2.05) is 14.1 Å². The van der Waals surface area contributed by atoms with Crippen LogP contribution in [0.2, 0.25) is 0 Å². The summed E-state index contributed by atoms with van der Waals surface area (Å²) in [6.07, 6.45) is 3.85. The average Bonchev–Trinajstić information content (AvgIpc) is 1.96. The predicted octanol–water partition coefficient (Wildman–Crippen LogP) is 3.22. The van der Waals surface area contributed by atoms with Crippen LogP contribution in [0.1, 0.15) is 20.8 Å². The molecule has 0 unspecified atom stereocenters. The van der Waals surface area contributed by atoms with E-state index in [0.29, 0.717) is 0 Å². The molecule has 0 radical (unpaired) electrons. The van der Waals surface area contributed by atoms with Crippen molar-refractivity contribution in [1.29, 1.82) is 0 Å². The zero-order chi connectivity index (χ0) is 10.6. The van der Waals surface area contributed by atoms with Crippen molar-refractivity contribution in [2.24, 2.45) is 5.41 Å². The summed E-state index contributed by atoms with van der Waals surface area (Å²) in [7, 11) is 4.10. The van der Waals surface area contributed by atoms with Crippen LogP contribution < -0.4 is 0 Å². The maximum Gasteiger partial charge on any atom is 0.0188 e. The SMILES string of the molecule is C=CC(=C)/C=C(\N(C)C)C(C)(C)C. The summed E-state index contributed by atoms with van der Waals surface area (Å²) in [5.74, 6) is 0. The molecule has 0 spiro atoms. The van der Waals surface area contributed by atoms with E-state index in [-0.39, 0.29) is 5.41 Å². The minimum Gasteiger partial charge on any atom is -0.381 e. The van der Waals surface area contributed by atoms with Crippen LogP contribution >= 0.6 is 0 Å². The summed E-state index contributed by atoms with van der Waals surface area (Å²) in [6.45, 7) is 14.1. The van der Waals surface area contributed by atoms with Crippen molar-refractivity contribution in [3.05, 3.63) is 36.6 Å². The van der Waals surface area contributed by atoms with Crippen LogP contribution in [0.25, 0.3) is 0 Å². The molecule has 0 atom stereocenters. The third-order valence-electron chi connectivity index (χ3n) is 1.83. The first-order valence-corrected chi connectivity index (χ1v) is 4.50. The third kappa shape index (κ3) is 3.97. The second kappa shape index (κ2) is 4.31. The zero-order valence-corrected chi connectivity index (χ0v) is 9.52. The Kier molecular flexibility index (Phi) is 3.99. The molecule has 0 saturated carbocycles. The molecule has 0 aliphatic carbocycles. The lowest BCUT2D eigenvalue weighted by Crippen LogP contribution is -2.23. The van der Waals surface area contributed by atoms with E-state index in [9.17, 15) is 0 Å². The molecule has 1 nitrogen and oxygen atoms in total. The number of allylic oxidation sites excluding steroid dienone is 4. The van der Waals surface area contributed by atoms with Crippen LogP contribution in [0.3, 0.4) is 0 Å². The van der Waals surface area contributed by atoms with Gasteiger partial charge in [-0.1, -0.05) is 40.0 Å². The van der Waals surface area contributed by atoms with Crippen LogP contribution in [0.15, 0.2) is 36.6 Å². The van der Waals surface area contributed by atoms with Gasteiger partial charge in [-0.05, 0) is 11.6 Å². The molecule has 0 saturated heterocycles. The topological polar surface area (TPSA) is 3.24 Å². The van der Waals surface area contributed by atoms with E-state index >= 15 is 0 Å². The highest BCUT2D eigenvalue weighted by Gasteiger charge is 2.18. The van der Waals surface area contributed by atoms with Crippen molar-refractivity contribution >= 4 is 0 Å². The van der Waals surface area contributed by atoms with Gasteiger partial charge in [0.25, 0.3) is 0 Å². The predicted molar refractivity (Wildman–Crippen MR) is 60.6 cm³/mol. The first-order valence-electron chi connectivity index (χ1n) is 4.50. The second-order valence-electron chi connectivity index (χ2n) is 4.45. The highest BCUT2D eigenvalue weighted by Crippen LogP contribution is 2.27. The van der Waals surface area contributed by atoms with Gasteiger partial charge in [0.2, 0.25) is 0 Å². The summed E-state index contributed by atoms with van der Waals surface area (Å²) < 4.78 is 0. The van der Waals surface area contributed by atoms with E-state index in [4.69, 9.17) is 0 Å². The lowest BCUT2D eigenvalue weighted by molar-refractivity contribution is 0.353. The fraction of sp³-hybridized carbons (Fsp3) is 0.500. The smallest absolute Gasteiger partial charge is 0.0188 e. The molecule has 0 aromatic rings. The van der Waals surface area contributed by atoms with Crippen LogP contribution in [0.5, 0.6) is 0 Å². The Morgan fingerprint density at radius 1 is 1.23 bits per heavy atom. The fourth-order valence-electron chi connectivity index (χ4n) is 1.25. The number of hydrogen-bond acceptors (Lipinski definition) is 1. The normalized spacial score (nSPS) is 12.5. The first-order chi connectivity index (χ1) is 5.79. The Bertz CT molecular complexity index is 226. The third-order valence-corrected chi connectivity index (χ3v) is 1.83. The van der Waals surface area contributed by atoms with Crippen molar-refractivity contribution in [1.82, 2.24) is 4.90 Å². The summed E-state index contributed by atoms with van der Waals surface area (Å²) in [5, 5.41) is 0. The zero-order valence-electron chi connectivity index (χ0n) is 9.52. The average molecular weight is 179 g/mol. The van der Waals surface area contributed by atoms with Crippen molar-refractivity contribution in [3.8, 4) is 0 Å². The Morgan fingerprint density at radius 3 is 1.92 bits per heavy atom. The fourth-order valence-corrected chi connectivity index (χ4v) is 1.25. The van der Waals surface area contributed by atoms with E-state index in [0.717, 1.165) is 5.57 Å². The van der Waals surface area contributed by atoms with Crippen LogP contribution in [-0.2, 0) is 0 Å². The molecule has 0 aromatic carbocycles. The molecule has 0 heterocycles. The van der Waals surface area contributed by atoms with Gasteiger partial charge in [-0.2, -0.15) is 0 Å². The van der Waals surface area contributed by atoms with Gasteiger partial charge >= 0.3 is 0 Å². The molecular formula is C12H21N. The molecule has 0 aromatic heterocycles. The molecule has 0 N–H and O–H groups in total. The first kappa shape index (κ1) is 12.0. The Balaban J connectivity index is 4.92. The minimum absolute atomic E-state index is 0.148. The molecule has 0 aliphatic heterocycles. The van der Waals surface area contributed by atoms with Gasteiger partial charge in [0, 0.05) is 25.2 Å². The molecule has 1 heteroatoms. The number of rotatable bonds is 3. The van der Waals surface area contributed by atoms with Gasteiger partial charge in [0.1, 0.15) is 0 Å². The maximum absolute atomic E-state index is 3.89. The van der Waals surface area contributed by atoms with Gasteiger partial charge in [0.15, 0.2) is 0 Å². The molecule has 0 amide bonds. The van der Waals surface area contributed by atoms with Gasteiger partial charge in [-0.3, -0.25) is 0 Å². The van der Waals surface area contributed by atoms with E-state index in [2.05, 4.69) is 44.9 Å². The summed E-state index contributed by atoms with van der Waals surface area (Å²) in [6, 6.07) is 0. The molecule has 0 fully saturated rings. The van der Waals surface area contributed by atoms with Crippen molar-refractivity contribution in [3.63, 3.8) is 0 Å². The Labute approximate surface area is 82.4 Å². The highest BCUT2D eigenvalue weighted by molar-refractivity contribution is 5.30. The summed E-state index contributed by atoms with van der Waals surface area (Å²) in [5.41, 5.74) is 2.37. The van der Waals surface area contributed by atoms with Gasteiger partial charge in [-0.15, -0.1) is 0 Å². The molecule has 74 valence electrons. The van der Waals surface area contributed by atoms with Gasteiger partial charge in [0.05, 0.1) is 0 Å². The van der Waals surface area contributed by atoms with Gasteiger partial charge in [-0.25, -0.2) is 0 Å². The van der Waals surface area contributed by atoms with Crippen molar-refractivity contribution in [2.45, 2.75) is 20.8 Å². The van der Waals surface area contributed by atoms with Crippen LogP contribution in [0.4, 0.5) is 0 Å². The molecule has 0 rings (SSSR count). The number of hydrogen-bond donors (Lipinski definition) is 0. The minimum atomic E-state index is 0.148. The lowest BCUT2D eigenvalue weighted by Gasteiger charge is -2.29. The molecule has 0 bridgehead atoms. The highest BCUT2D eigenvalue weighted by atomic mass is 15.1. The summed E-state index contributed by atoms with van der Waals surface area (Å²) in [4.78, 5) is 2.12. The van der Waals surface area contributed by atoms with Crippen molar-refractivity contribution < 1.29 is 0 Å². The molecule has 0 aliphatic rings. The quantitative estimate of drug-likeness (QED) is 0.601. The van der Waals surface area contributed by atoms with Crippen molar-refractivity contribution in [2.75, 3.05) is 14.1 Å². The largest absolute Gasteiger partial charge is 0.381 e. The van der Waals surface area contributed by atoms with Crippen LogP contribution in [-0.4, -0.2) is 19.0 Å². The summed E-state index contributed by atoms with van der Waals surface area (Å²) >= 11 is 0. The Morgan fingerprint density at radius 2 is 1.69 bits per heavy atom. The second-order valence-corrected chi connectivity index (χ2v) is 4.45. The lowest BCUT2D eigenvalue weighted by atomic mass is 9.90. The molecule has 13 heavy (non-hydrogen) atoms.